The van der Waals surface area contributed by atoms with Gasteiger partial charge in [0.25, 0.3) is 0 Å². The maximum atomic E-state index is 12.2. The third-order valence-electron chi connectivity index (χ3n) is 3.54. The molecule has 98 valence electrons. The largest absolute Gasteiger partial charge is 0.399 e. The lowest BCUT2D eigenvalue weighted by Crippen LogP contribution is -2.28. The molecule has 18 heavy (non-hydrogen) atoms. The van der Waals surface area contributed by atoms with Crippen molar-refractivity contribution < 1.29 is 4.79 Å². The van der Waals surface area contributed by atoms with Crippen LogP contribution in [0.25, 0.3) is 0 Å². The summed E-state index contributed by atoms with van der Waals surface area (Å²) >= 11 is 0. The average Bonchev–Trinajstić information content (AvgIpc) is 2.77. The minimum atomic E-state index is 0.259. The van der Waals surface area contributed by atoms with Crippen LogP contribution in [0.1, 0.15) is 44.6 Å². The molecule has 0 saturated carbocycles. The number of rotatable bonds is 5. The third-order valence-corrected chi connectivity index (χ3v) is 3.54. The van der Waals surface area contributed by atoms with Crippen LogP contribution in [0.5, 0.6) is 0 Å². The van der Waals surface area contributed by atoms with Crippen LogP contribution in [0.15, 0.2) is 18.2 Å². The van der Waals surface area contributed by atoms with E-state index in [1.807, 2.05) is 23.1 Å². The number of carbonyl (C=O) groups excluding carboxylic acids is 1. The van der Waals surface area contributed by atoms with Gasteiger partial charge in [-0.05, 0) is 36.6 Å². The molecule has 2 rings (SSSR count). The van der Waals surface area contributed by atoms with E-state index in [2.05, 4.69) is 6.92 Å². The molecule has 3 heteroatoms. The molecule has 1 amide bonds. The highest BCUT2D eigenvalue weighted by Crippen LogP contribution is 2.30. The SMILES string of the molecule is CCCCCCC(=O)N1CCc2cc(N)ccc21. The minimum absolute atomic E-state index is 0.259. The molecule has 2 N–H and O–H groups in total. The number of hydrogen-bond donors (Lipinski definition) is 1. The Morgan fingerprint density at radius 2 is 2.17 bits per heavy atom. The number of amides is 1. The van der Waals surface area contributed by atoms with Gasteiger partial charge < -0.3 is 10.6 Å². The molecule has 0 radical (unpaired) electrons. The number of benzene rings is 1. The zero-order chi connectivity index (χ0) is 13.0. The summed E-state index contributed by atoms with van der Waals surface area (Å²) in [6.45, 7) is 2.99. The number of nitrogen functional groups attached to an aromatic ring is 1. The topological polar surface area (TPSA) is 46.3 Å². The van der Waals surface area contributed by atoms with Gasteiger partial charge in [0.15, 0.2) is 0 Å². The maximum Gasteiger partial charge on any atom is 0.226 e. The Morgan fingerprint density at radius 1 is 1.33 bits per heavy atom. The Morgan fingerprint density at radius 3 is 2.94 bits per heavy atom. The summed E-state index contributed by atoms with van der Waals surface area (Å²) in [4.78, 5) is 14.1. The smallest absolute Gasteiger partial charge is 0.226 e. The first-order chi connectivity index (χ1) is 8.72. The summed E-state index contributed by atoms with van der Waals surface area (Å²) < 4.78 is 0. The van der Waals surface area contributed by atoms with Crippen molar-refractivity contribution in [3.05, 3.63) is 23.8 Å². The van der Waals surface area contributed by atoms with Gasteiger partial charge >= 0.3 is 0 Å². The summed E-state index contributed by atoms with van der Waals surface area (Å²) in [5, 5.41) is 0. The van der Waals surface area contributed by atoms with Gasteiger partial charge in [0.05, 0.1) is 0 Å². The third kappa shape index (κ3) is 2.84. The van der Waals surface area contributed by atoms with Gasteiger partial charge in [-0.25, -0.2) is 0 Å². The molecule has 0 aromatic heterocycles. The molecule has 1 aromatic carbocycles. The molecule has 1 aliphatic rings. The number of fused-ring (bicyclic) bond motifs is 1. The molecule has 0 bridgehead atoms. The Balaban J connectivity index is 1.94. The van der Waals surface area contributed by atoms with E-state index in [9.17, 15) is 4.79 Å². The molecular weight excluding hydrogens is 224 g/mol. The van der Waals surface area contributed by atoms with Crippen molar-refractivity contribution in [1.82, 2.24) is 0 Å². The van der Waals surface area contributed by atoms with E-state index < -0.39 is 0 Å². The molecule has 1 aromatic rings. The number of nitrogens with zero attached hydrogens (tertiary/aromatic N) is 1. The monoisotopic (exact) mass is 246 g/mol. The van der Waals surface area contributed by atoms with Crippen molar-refractivity contribution in [3.63, 3.8) is 0 Å². The molecule has 0 saturated heterocycles. The summed E-state index contributed by atoms with van der Waals surface area (Å²) in [6, 6.07) is 5.84. The van der Waals surface area contributed by atoms with E-state index in [1.165, 1.54) is 18.4 Å². The fraction of sp³-hybridized carbons (Fsp3) is 0.533. The van der Waals surface area contributed by atoms with Gasteiger partial charge in [0.2, 0.25) is 5.91 Å². The normalized spacial score (nSPS) is 13.7. The number of hydrogen-bond acceptors (Lipinski definition) is 2. The summed E-state index contributed by atoms with van der Waals surface area (Å²) in [6.07, 6.45) is 6.20. The van der Waals surface area contributed by atoms with E-state index in [0.29, 0.717) is 6.42 Å². The van der Waals surface area contributed by atoms with Crippen LogP contribution < -0.4 is 10.6 Å². The van der Waals surface area contributed by atoms with E-state index >= 15 is 0 Å². The average molecular weight is 246 g/mol. The fourth-order valence-electron chi connectivity index (χ4n) is 2.52. The first-order valence-corrected chi connectivity index (χ1v) is 6.91. The van der Waals surface area contributed by atoms with Crippen LogP contribution in [0.3, 0.4) is 0 Å². The molecule has 1 aliphatic heterocycles. The van der Waals surface area contributed by atoms with Crippen LogP contribution >= 0.6 is 0 Å². The van der Waals surface area contributed by atoms with Gasteiger partial charge in [-0.15, -0.1) is 0 Å². The lowest BCUT2D eigenvalue weighted by molar-refractivity contribution is -0.118. The standard InChI is InChI=1S/C15H22N2O/c1-2-3-4-5-6-15(18)17-10-9-12-11-13(16)7-8-14(12)17/h7-8,11H,2-6,9-10,16H2,1H3. The molecule has 0 aliphatic carbocycles. The Bertz CT molecular complexity index is 429. The zero-order valence-electron chi connectivity index (χ0n) is 11.1. The molecule has 0 spiro atoms. The highest BCUT2D eigenvalue weighted by Gasteiger charge is 2.23. The molecule has 0 fully saturated rings. The van der Waals surface area contributed by atoms with Gasteiger partial charge in [0.1, 0.15) is 0 Å². The van der Waals surface area contributed by atoms with Crippen molar-refractivity contribution in [2.45, 2.75) is 45.4 Å². The predicted molar refractivity (Wildman–Crippen MR) is 75.7 cm³/mol. The van der Waals surface area contributed by atoms with Gasteiger partial charge in [0, 0.05) is 24.3 Å². The molecule has 0 atom stereocenters. The van der Waals surface area contributed by atoms with E-state index in [-0.39, 0.29) is 5.91 Å². The lowest BCUT2D eigenvalue weighted by Gasteiger charge is -2.17. The number of unbranched alkanes of at least 4 members (excludes halogenated alkanes) is 3. The van der Waals surface area contributed by atoms with Crippen molar-refractivity contribution >= 4 is 17.3 Å². The summed E-state index contributed by atoms with van der Waals surface area (Å²) in [5.74, 6) is 0.259. The zero-order valence-corrected chi connectivity index (χ0v) is 11.1. The molecular formula is C15H22N2O. The molecule has 0 unspecified atom stereocenters. The minimum Gasteiger partial charge on any atom is -0.399 e. The predicted octanol–water partition coefficient (Wildman–Crippen LogP) is 3.13. The first-order valence-electron chi connectivity index (χ1n) is 6.91. The quantitative estimate of drug-likeness (QED) is 0.641. The van der Waals surface area contributed by atoms with Crippen LogP contribution in [-0.4, -0.2) is 12.5 Å². The molecule has 1 heterocycles. The van der Waals surface area contributed by atoms with Crippen molar-refractivity contribution in [3.8, 4) is 0 Å². The Hall–Kier alpha value is -1.51. The van der Waals surface area contributed by atoms with Crippen LogP contribution in [0.2, 0.25) is 0 Å². The van der Waals surface area contributed by atoms with E-state index in [0.717, 1.165) is 37.2 Å². The second kappa shape index (κ2) is 5.89. The van der Waals surface area contributed by atoms with E-state index in [1.54, 1.807) is 0 Å². The Labute approximate surface area is 109 Å². The number of nitrogens with two attached hydrogens (primary N) is 1. The van der Waals surface area contributed by atoms with Crippen LogP contribution in [0, 0.1) is 0 Å². The van der Waals surface area contributed by atoms with Crippen molar-refractivity contribution in [2.24, 2.45) is 0 Å². The highest BCUT2D eigenvalue weighted by atomic mass is 16.2. The maximum absolute atomic E-state index is 12.2. The van der Waals surface area contributed by atoms with Gasteiger partial charge in [-0.2, -0.15) is 0 Å². The molecule has 3 nitrogen and oxygen atoms in total. The first kappa shape index (κ1) is 12.9. The van der Waals surface area contributed by atoms with Crippen LogP contribution in [-0.2, 0) is 11.2 Å². The van der Waals surface area contributed by atoms with Crippen molar-refractivity contribution in [1.29, 1.82) is 0 Å². The van der Waals surface area contributed by atoms with Crippen molar-refractivity contribution in [2.75, 3.05) is 17.2 Å². The number of anilines is 2. The lowest BCUT2D eigenvalue weighted by atomic mass is 10.1. The van der Waals surface area contributed by atoms with Gasteiger partial charge in [-0.1, -0.05) is 26.2 Å². The summed E-state index contributed by atoms with van der Waals surface area (Å²) in [7, 11) is 0. The number of carbonyl (C=O) groups is 1. The fourth-order valence-corrected chi connectivity index (χ4v) is 2.52. The van der Waals surface area contributed by atoms with E-state index in [4.69, 9.17) is 5.73 Å². The van der Waals surface area contributed by atoms with Crippen LogP contribution in [0.4, 0.5) is 11.4 Å². The highest BCUT2D eigenvalue weighted by molar-refractivity contribution is 5.95. The van der Waals surface area contributed by atoms with Gasteiger partial charge in [-0.3, -0.25) is 4.79 Å². The Kier molecular flexibility index (Phi) is 4.24. The second-order valence-electron chi connectivity index (χ2n) is 4.99. The summed E-state index contributed by atoms with van der Waals surface area (Å²) in [5.41, 5.74) is 8.81. The second-order valence-corrected chi connectivity index (χ2v) is 4.99.